The summed E-state index contributed by atoms with van der Waals surface area (Å²) in [7, 11) is -14.2. The number of nitrogens with two attached hydrogens (primary N) is 4. The first-order chi connectivity index (χ1) is 42.2. The Hall–Kier alpha value is -1.59. The number of ether oxygens (including phenoxy) is 16. The number of methoxy groups -OCH3 is 1. The second-order valence-corrected chi connectivity index (χ2v) is 25.5. The Labute approximate surface area is 513 Å². The lowest BCUT2D eigenvalue weighted by atomic mass is 9.96. The fourth-order valence-corrected chi connectivity index (χ4v) is 11.9. The van der Waals surface area contributed by atoms with Gasteiger partial charge in [0.25, 0.3) is 0 Å². The van der Waals surface area contributed by atoms with Crippen molar-refractivity contribution in [2.45, 2.75) is 222 Å². The van der Waals surface area contributed by atoms with Crippen LogP contribution in [0.3, 0.4) is 0 Å². The molecule has 0 amide bonds. The van der Waals surface area contributed by atoms with Crippen molar-refractivity contribution < 1.29 is 178 Å². The van der Waals surface area contributed by atoms with Gasteiger partial charge in [-0.2, -0.15) is 25.3 Å². The summed E-state index contributed by atoms with van der Waals surface area (Å²) in [5, 5.41) is 109. The van der Waals surface area contributed by atoms with Crippen LogP contribution in [0.4, 0.5) is 0 Å². The smallest absolute Gasteiger partial charge is 0.394 e. The van der Waals surface area contributed by atoms with Crippen molar-refractivity contribution in [3.63, 3.8) is 0 Å². The van der Waals surface area contributed by atoms with Crippen LogP contribution in [0.15, 0.2) is 0 Å². The molecule has 8 fully saturated rings. The number of rotatable bonds is 25. The second-order valence-electron chi connectivity index (χ2n) is 22.3. The van der Waals surface area contributed by atoms with Crippen molar-refractivity contribution in [3.05, 3.63) is 0 Å². The molecule has 8 rings (SSSR count). The average molecular weight is 1380 g/mol. The summed E-state index contributed by atoms with van der Waals surface area (Å²) in [5.74, 6) is 0. The molecule has 8 saturated heterocycles. The molecule has 0 aromatic heterocycles. The molecule has 42 nitrogen and oxygen atoms in total. The van der Waals surface area contributed by atoms with E-state index in [-0.39, 0.29) is 19.4 Å². The Morgan fingerprint density at radius 2 is 0.644 bits per heavy atom. The number of aliphatic hydroxyl groups is 10. The molecule has 0 radical (unpaired) electrons. The van der Waals surface area contributed by atoms with Crippen LogP contribution in [0.2, 0.25) is 0 Å². The molecule has 8 aliphatic heterocycles. The highest BCUT2D eigenvalue weighted by Gasteiger charge is 2.54. The molecule has 0 aromatic rings. The van der Waals surface area contributed by atoms with Gasteiger partial charge in [0.05, 0.1) is 101 Å². The van der Waals surface area contributed by atoms with Crippen LogP contribution >= 0.6 is 0 Å². The lowest BCUT2D eigenvalue weighted by molar-refractivity contribution is -0.350. The van der Waals surface area contributed by atoms with Gasteiger partial charge in [-0.15, -0.1) is 0 Å². The minimum Gasteiger partial charge on any atom is -0.394 e. The van der Waals surface area contributed by atoms with Crippen LogP contribution in [0.25, 0.3) is 0 Å². The van der Waals surface area contributed by atoms with E-state index in [0.29, 0.717) is 0 Å². The third-order valence-corrected chi connectivity index (χ3v) is 17.2. The zero-order chi connectivity index (χ0) is 65.9. The molecular weight excluding hydrogens is 1300 g/mol. The van der Waals surface area contributed by atoms with Crippen LogP contribution in [0.1, 0.15) is 25.7 Å². The first kappa shape index (κ1) is 74.2. The van der Waals surface area contributed by atoms with E-state index in [0.717, 1.165) is 0 Å². The van der Waals surface area contributed by atoms with E-state index >= 15 is 0 Å². The maximum Gasteiger partial charge on any atom is 0.397 e. The molecule has 0 spiro atoms. The summed E-state index contributed by atoms with van der Waals surface area (Å²) in [5.41, 5.74) is 24.9. The van der Waals surface area contributed by atoms with Gasteiger partial charge in [-0.25, -0.2) is 12.5 Å². The normalized spacial score (nSPS) is 47.0. The van der Waals surface area contributed by atoms with Crippen LogP contribution in [-0.4, -0.2) is 347 Å². The molecule has 526 valence electrons. The maximum absolute atomic E-state index is 11.8. The molecule has 0 bridgehead atoms. The highest BCUT2D eigenvalue weighted by molar-refractivity contribution is 7.81. The number of hydrogen-bond acceptors (Lipinski definition) is 39. The lowest BCUT2D eigenvalue weighted by Crippen LogP contribution is -2.66. The zero-order valence-corrected chi connectivity index (χ0v) is 50.0. The van der Waals surface area contributed by atoms with Crippen molar-refractivity contribution in [1.82, 2.24) is 0 Å². The third-order valence-electron chi connectivity index (χ3n) is 15.9. The molecule has 8 heterocycles. The predicted octanol–water partition coefficient (Wildman–Crippen LogP) is -11.8. The molecule has 90 heavy (non-hydrogen) atoms. The zero-order valence-electron chi connectivity index (χ0n) is 47.5. The Kier molecular flexibility index (Phi) is 26.2. The van der Waals surface area contributed by atoms with Crippen molar-refractivity contribution in [3.8, 4) is 0 Å². The van der Waals surface area contributed by atoms with Gasteiger partial charge >= 0.3 is 31.2 Å². The van der Waals surface area contributed by atoms with Gasteiger partial charge in [-0.05, 0) is 0 Å². The fraction of sp³-hybridized carbons (Fsp3) is 1.00. The Bertz CT molecular complexity index is 2600. The Morgan fingerprint density at radius 1 is 0.378 bits per heavy atom. The monoisotopic (exact) mass is 1380 g/mol. The van der Waals surface area contributed by atoms with Crippen LogP contribution in [0, 0.1) is 0 Å². The van der Waals surface area contributed by atoms with E-state index in [1.54, 1.807) is 0 Å². The SMILES string of the molecule is CO[C@H]1OC(CO)[C@@H](O[C@H]2C[C@H](O)[C@H](O[C@H]3OC(COS(=O)(=O)O)[C@H](O[C@H]4C[C@H](O)[C@H](O[C@H]5OC(COS(=O)(=O)O)[C@@H](O[C@H]6C[C@H](O)[C@H](O[C@@H]7OC(COS(=O)(=O)O)[C@H](O[C@H]8C[C@H](O)[C@H](O)CO8)[C@H](O)C7N)CO6)[C@H](O)C5N)CO4)[C@H](O)C3N)CO2)[C@H](O)C1N. The summed E-state index contributed by atoms with van der Waals surface area (Å²) >= 11 is 0. The molecule has 21 N–H and O–H groups in total. The van der Waals surface area contributed by atoms with Crippen molar-refractivity contribution in [1.29, 1.82) is 0 Å². The summed E-state index contributed by atoms with van der Waals surface area (Å²) < 4.78 is 203. The summed E-state index contributed by atoms with van der Waals surface area (Å²) in [6, 6.07) is -5.77. The summed E-state index contributed by atoms with van der Waals surface area (Å²) in [4.78, 5) is 0. The largest absolute Gasteiger partial charge is 0.397 e. The Morgan fingerprint density at radius 3 is 0.911 bits per heavy atom. The van der Waals surface area contributed by atoms with Gasteiger partial charge in [-0.3, -0.25) is 13.7 Å². The average Bonchev–Trinajstić information content (AvgIpc) is 1.04. The van der Waals surface area contributed by atoms with E-state index < -0.39 is 287 Å². The van der Waals surface area contributed by atoms with E-state index in [9.17, 15) is 90.0 Å². The van der Waals surface area contributed by atoms with Crippen LogP contribution < -0.4 is 22.9 Å². The van der Waals surface area contributed by atoms with Crippen LogP contribution in [-0.2, 0) is 120 Å². The van der Waals surface area contributed by atoms with Crippen molar-refractivity contribution >= 4 is 31.2 Å². The molecular formula is C45H80N4O38S3. The molecule has 0 saturated carbocycles. The fourth-order valence-electron chi connectivity index (χ4n) is 10.9. The standard InChI is InChI=1S/C45H80N4O38S3/c1-69-42-30(46)34(56)38(19(6-50)77-42)84-27-3-15(52)20(8-71-27)78-44-32(48)36(58)40(24(82-44)12-75-89(63,64)65)86-29-5-17(54)22(10-73-29)80-45-33(49)37(59)41(25(83-45)13-76-90(66,67)68)87-28-4-16(53)21(9-72-28)79-43-31(47)35(57)39(23(81-43)11-74-88(60,61)62)85-26-2-14(51)18(55)7-70-26/h14-45,50-59H,2-13,46-49H2,1H3,(H,60,61,62)(H,63,64,65)(H,66,67,68)/t14-,15-,16-,17-,18+,19?,20+,21+,22+,23?,24?,25?,26-,27-,28-,29-,30?,31?,32?,33?,34+,35+,36+,37+,38+,39-,40-,41+,42-,43+,44-,45-/m0/s1. The van der Waals surface area contributed by atoms with Gasteiger partial charge < -0.3 is 150 Å². The number of aliphatic hydroxyl groups excluding tert-OH is 10. The predicted molar refractivity (Wildman–Crippen MR) is 279 cm³/mol. The van der Waals surface area contributed by atoms with Crippen LogP contribution in [0.5, 0.6) is 0 Å². The second kappa shape index (κ2) is 31.7. The van der Waals surface area contributed by atoms with Crippen molar-refractivity contribution in [2.24, 2.45) is 22.9 Å². The topological polar surface area (TPSA) is 645 Å². The summed E-state index contributed by atoms with van der Waals surface area (Å²) in [6.45, 7) is -5.65. The van der Waals surface area contributed by atoms with Crippen molar-refractivity contribution in [2.75, 3.05) is 60.0 Å². The van der Waals surface area contributed by atoms with E-state index in [2.05, 4.69) is 12.5 Å². The molecule has 32 atom stereocenters. The van der Waals surface area contributed by atoms with Gasteiger partial charge in [0, 0.05) is 32.8 Å². The molecule has 8 unspecified atom stereocenters. The molecule has 0 aromatic carbocycles. The highest BCUT2D eigenvalue weighted by atomic mass is 32.3. The third kappa shape index (κ3) is 19.4. The maximum atomic E-state index is 11.8. The van der Waals surface area contributed by atoms with E-state index in [4.69, 9.17) is 98.7 Å². The minimum absolute atomic E-state index is 0.295. The van der Waals surface area contributed by atoms with Gasteiger partial charge in [0.1, 0.15) is 97.7 Å². The van der Waals surface area contributed by atoms with E-state index in [1.165, 1.54) is 7.11 Å². The first-order valence-corrected chi connectivity index (χ1v) is 32.1. The molecule has 8 aliphatic rings. The summed E-state index contributed by atoms with van der Waals surface area (Å²) in [6.07, 6.45) is -43.5. The molecule has 45 heteroatoms. The lowest BCUT2D eigenvalue weighted by Gasteiger charge is -2.47. The highest BCUT2D eigenvalue weighted by Crippen LogP contribution is 2.36. The van der Waals surface area contributed by atoms with E-state index in [1.807, 2.05) is 0 Å². The van der Waals surface area contributed by atoms with Gasteiger partial charge in [-0.1, -0.05) is 0 Å². The van der Waals surface area contributed by atoms with Gasteiger partial charge in [0.2, 0.25) is 0 Å². The number of hydrogen-bond donors (Lipinski definition) is 17. The molecule has 0 aliphatic carbocycles. The van der Waals surface area contributed by atoms with Gasteiger partial charge in [0.15, 0.2) is 50.3 Å². The first-order valence-electron chi connectivity index (χ1n) is 28.0. The minimum atomic E-state index is -5.21. The quantitative estimate of drug-likeness (QED) is 0.0377. The Balaban J connectivity index is 0.841.